The van der Waals surface area contributed by atoms with Gasteiger partial charge in [0, 0.05) is 67.2 Å². The number of amides is 3. The molecule has 4 aliphatic rings. The molecule has 330 valence electrons. The fraction of sp³-hybridized carbons (Fsp3) is 0.391. The average molecular weight is 885 g/mol. The summed E-state index contributed by atoms with van der Waals surface area (Å²) < 4.78 is 76.1. The number of carbonyl (C=O) groups is 3. The molecular formula is C46H48F4N8O4S. The molecule has 5 aromatic rings. The Morgan fingerprint density at radius 1 is 0.873 bits per heavy atom. The van der Waals surface area contributed by atoms with Crippen molar-refractivity contribution >= 4 is 57.4 Å². The SMILES string of the molecule is O=C1CCN(c2ccc(C3CCN(CCC4CCN(c5ccc(-c6cnc7[nH]cc(C(=O)c8c(F)ccc(N[S+]([O-])N9CCC(F)C9)c8F)c7c6)cc5)CC4)CC3)cc2F)C(=O)N1. The van der Waals surface area contributed by atoms with Crippen molar-refractivity contribution in [2.45, 2.75) is 57.0 Å². The van der Waals surface area contributed by atoms with E-state index in [2.05, 4.69) is 41.9 Å². The van der Waals surface area contributed by atoms with Gasteiger partial charge in [-0.15, -0.1) is 4.31 Å². The van der Waals surface area contributed by atoms with Crippen molar-refractivity contribution in [1.82, 2.24) is 24.5 Å². The number of piperidine rings is 2. The van der Waals surface area contributed by atoms with Crippen molar-refractivity contribution in [1.29, 1.82) is 0 Å². The number of aromatic nitrogens is 2. The van der Waals surface area contributed by atoms with E-state index in [1.165, 1.54) is 15.4 Å². The highest BCUT2D eigenvalue weighted by atomic mass is 32.2. The second-order valence-corrected chi connectivity index (χ2v) is 18.1. The predicted molar refractivity (Wildman–Crippen MR) is 234 cm³/mol. The molecule has 6 heterocycles. The summed E-state index contributed by atoms with van der Waals surface area (Å²) in [6.07, 6.45) is 7.47. The lowest BCUT2D eigenvalue weighted by Crippen LogP contribution is -2.49. The van der Waals surface area contributed by atoms with Crippen LogP contribution in [0.4, 0.5) is 39.4 Å². The number of nitrogens with one attached hydrogen (secondary N) is 3. The van der Waals surface area contributed by atoms with Gasteiger partial charge in [-0.3, -0.25) is 19.8 Å². The molecule has 3 N–H and O–H groups in total. The van der Waals surface area contributed by atoms with Gasteiger partial charge >= 0.3 is 6.03 Å². The van der Waals surface area contributed by atoms with Crippen LogP contribution in [0.2, 0.25) is 0 Å². The van der Waals surface area contributed by atoms with Crippen LogP contribution in [0.25, 0.3) is 22.2 Å². The van der Waals surface area contributed by atoms with E-state index in [4.69, 9.17) is 0 Å². The van der Waals surface area contributed by atoms with Crippen LogP contribution in [-0.4, -0.2) is 100.0 Å². The van der Waals surface area contributed by atoms with Gasteiger partial charge in [-0.25, -0.2) is 27.3 Å². The van der Waals surface area contributed by atoms with Crippen LogP contribution in [0, 0.1) is 23.4 Å². The van der Waals surface area contributed by atoms with Crippen LogP contribution in [0.1, 0.15) is 72.3 Å². The third kappa shape index (κ3) is 9.14. The summed E-state index contributed by atoms with van der Waals surface area (Å²) in [5.41, 5.74) is 3.13. The number of anilines is 3. The van der Waals surface area contributed by atoms with Gasteiger partial charge in [0.2, 0.25) is 11.7 Å². The maximum absolute atomic E-state index is 15.7. The first kappa shape index (κ1) is 42.8. The quantitative estimate of drug-likeness (QED) is 0.0650. The van der Waals surface area contributed by atoms with E-state index < -0.39 is 52.5 Å². The van der Waals surface area contributed by atoms with Crippen molar-refractivity contribution < 1.29 is 36.5 Å². The average Bonchev–Trinajstić information content (AvgIpc) is 3.93. The summed E-state index contributed by atoms with van der Waals surface area (Å²) in [6.45, 7) is 5.14. The van der Waals surface area contributed by atoms with E-state index >= 15 is 13.2 Å². The molecule has 0 radical (unpaired) electrons. The number of rotatable bonds is 12. The van der Waals surface area contributed by atoms with Gasteiger partial charge in [0.25, 0.3) is 0 Å². The maximum atomic E-state index is 15.7. The molecule has 2 unspecified atom stereocenters. The van der Waals surface area contributed by atoms with Gasteiger partial charge in [0.1, 0.15) is 29.1 Å². The Bertz CT molecular complexity index is 2510. The number of alkyl halides is 1. The summed E-state index contributed by atoms with van der Waals surface area (Å²) in [5.74, 6) is -3.06. The Morgan fingerprint density at radius 2 is 1.65 bits per heavy atom. The van der Waals surface area contributed by atoms with Gasteiger partial charge in [-0.05, 0) is 124 Å². The second kappa shape index (κ2) is 18.3. The van der Waals surface area contributed by atoms with E-state index in [9.17, 15) is 23.3 Å². The van der Waals surface area contributed by atoms with Crippen LogP contribution in [-0.2, 0) is 16.3 Å². The zero-order chi connectivity index (χ0) is 43.8. The first-order chi connectivity index (χ1) is 30.5. The Morgan fingerprint density at radius 3 is 2.37 bits per heavy atom. The minimum absolute atomic E-state index is 0.0326. The third-order valence-corrected chi connectivity index (χ3v) is 14.2. The highest BCUT2D eigenvalue weighted by Crippen LogP contribution is 2.35. The Balaban J connectivity index is 0.765. The molecule has 9 rings (SSSR count). The molecule has 4 saturated heterocycles. The van der Waals surface area contributed by atoms with E-state index in [1.54, 1.807) is 24.4 Å². The molecule has 12 nitrogen and oxygen atoms in total. The molecular weight excluding hydrogens is 837 g/mol. The maximum Gasteiger partial charge on any atom is 0.328 e. The lowest BCUT2D eigenvalue weighted by molar-refractivity contribution is -0.120. The molecule has 4 aliphatic heterocycles. The van der Waals surface area contributed by atoms with Crippen LogP contribution >= 0.6 is 0 Å². The standard InChI is InChI=1S/C46H48F4N8O4S/c47-33-14-21-57(27-33)63(62)54-39-7-6-37(48)42(43(39)50)44(60)36-26-52-45-35(36)23-32(25-51-45)29-1-4-34(5-2-29)56-19-10-28(11-20-56)9-16-55-17-12-30(13-18-55)31-3-8-40(38(49)24-31)58-22-15-41(59)53-46(58)61/h1-8,23-26,28,30,33,54H,9-22,27H2,(H,51,52)(H,53,59,61). The number of fused-ring (bicyclic) bond motifs is 1. The van der Waals surface area contributed by atoms with Gasteiger partial charge in [-0.1, -0.05) is 18.2 Å². The highest BCUT2D eigenvalue weighted by Gasteiger charge is 2.34. The van der Waals surface area contributed by atoms with Gasteiger partial charge in [0.15, 0.2) is 17.4 Å². The summed E-state index contributed by atoms with van der Waals surface area (Å²) in [4.78, 5) is 51.0. The van der Waals surface area contributed by atoms with Crippen LogP contribution in [0.15, 0.2) is 73.1 Å². The number of nitrogens with zero attached hydrogens (tertiary/aromatic N) is 5. The number of benzene rings is 3. The number of H-pyrrole nitrogens is 1. The first-order valence-electron chi connectivity index (χ1n) is 21.5. The van der Waals surface area contributed by atoms with Gasteiger partial charge in [0.05, 0.1) is 17.8 Å². The lowest BCUT2D eigenvalue weighted by atomic mass is 9.88. The number of hydrogen-bond donors (Lipinski definition) is 3. The molecule has 3 aromatic carbocycles. The van der Waals surface area contributed by atoms with Crippen molar-refractivity contribution in [2.24, 2.45) is 5.92 Å². The van der Waals surface area contributed by atoms with E-state index in [0.29, 0.717) is 17.0 Å². The number of halogens is 4. The van der Waals surface area contributed by atoms with E-state index in [0.717, 1.165) is 99.3 Å². The first-order valence-corrected chi connectivity index (χ1v) is 22.7. The molecule has 0 bridgehead atoms. The Hall–Kier alpha value is -5.49. The molecule has 0 aliphatic carbocycles. The number of ketones is 1. The zero-order valence-electron chi connectivity index (χ0n) is 34.6. The topological polar surface area (TPSA) is 140 Å². The number of pyridine rings is 1. The van der Waals surface area contributed by atoms with E-state index in [1.807, 2.05) is 18.2 Å². The smallest absolute Gasteiger partial charge is 0.328 e. The third-order valence-electron chi connectivity index (χ3n) is 13.0. The van der Waals surface area contributed by atoms with Gasteiger partial charge in [-0.2, -0.15) is 4.72 Å². The number of carbonyl (C=O) groups excluding carboxylic acids is 3. The molecule has 17 heteroatoms. The molecule has 0 spiro atoms. The van der Waals surface area contributed by atoms with Crippen LogP contribution < -0.4 is 19.8 Å². The predicted octanol–water partition coefficient (Wildman–Crippen LogP) is 7.85. The largest absolute Gasteiger partial charge is 0.573 e. The number of hydrogen-bond acceptors (Lipinski definition) is 9. The van der Waals surface area contributed by atoms with Crippen molar-refractivity contribution in [3.05, 3.63) is 107 Å². The minimum Gasteiger partial charge on any atom is -0.573 e. The Labute approximate surface area is 365 Å². The summed E-state index contributed by atoms with van der Waals surface area (Å²) in [5, 5.41) is 2.64. The highest BCUT2D eigenvalue weighted by molar-refractivity contribution is 7.90. The van der Waals surface area contributed by atoms with E-state index in [-0.39, 0.29) is 61.2 Å². The number of urea groups is 1. The van der Waals surface area contributed by atoms with Crippen LogP contribution in [0.5, 0.6) is 0 Å². The summed E-state index contributed by atoms with van der Waals surface area (Å²) >= 11 is -1.98. The second-order valence-electron chi connectivity index (χ2n) is 16.9. The number of imide groups is 1. The number of aromatic amines is 1. The normalized spacial score (nSPS) is 20.1. The van der Waals surface area contributed by atoms with Crippen molar-refractivity contribution in [3.63, 3.8) is 0 Å². The summed E-state index contributed by atoms with van der Waals surface area (Å²) in [6, 6.07) is 16.4. The zero-order valence-corrected chi connectivity index (χ0v) is 35.4. The van der Waals surface area contributed by atoms with Crippen LogP contribution in [0.3, 0.4) is 0 Å². The van der Waals surface area contributed by atoms with Crippen molar-refractivity contribution in [2.75, 3.05) is 66.9 Å². The molecule has 4 fully saturated rings. The number of likely N-dealkylation sites (tertiary alicyclic amines) is 1. The fourth-order valence-electron chi connectivity index (χ4n) is 9.31. The Kier molecular flexibility index (Phi) is 12.4. The van der Waals surface area contributed by atoms with Crippen molar-refractivity contribution in [3.8, 4) is 11.1 Å². The molecule has 0 saturated carbocycles. The summed E-state index contributed by atoms with van der Waals surface area (Å²) in [7, 11) is 0. The molecule has 2 aromatic heterocycles. The molecule has 63 heavy (non-hydrogen) atoms. The lowest BCUT2D eigenvalue weighted by Gasteiger charge is -2.36. The fourth-order valence-corrected chi connectivity index (χ4v) is 10.4. The minimum atomic E-state index is -1.98. The monoisotopic (exact) mass is 884 g/mol. The molecule has 3 amide bonds. The molecule has 2 atom stereocenters. The van der Waals surface area contributed by atoms with Gasteiger partial charge < -0.3 is 19.3 Å².